The maximum absolute atomic E-state index is 5.14. The van der Waals surface area contributed by atoms with Gasteiger partial charge >= 0.3 is 0 Å². The molecule has 1 atom stereocenters. The van der Waals surface area contributed by atoms with Crippen LogP contribution in [0.3, 0.4) is 0 Å². The summed E-state index contributed by atoms with van der Waals surface area (Å²) in [4.78, 5) is 0. The summed E-state index contributed by atoms with van der Waals surface area (Å²) in [7, 11) is 1.71. The average Bonchev–Trinajstić information content (AvgIpc) is 2.62. The first kappa shape index (κ1) is 12.4. The third-order valence-electron chi connectivity index (χ3n) is 2.58. The molecule has 1 aromatic heterocycles. The number of nitrogens with one attached hydrogen (secondary N) is 1. The van der Waals surface area contributed by atoms with E-state index < -0.39 is 0 Å². The number of halogens is 1. The molecule has 6 heteroatoms. The lowest BCUT2D eigenvalue weighted by molar-refractivity contribution is 0.162. The minimum Gasteiger partial charge on any atom is -0.383 e. The van der Waals surface area contributed by atoms with E-state index in [-0.39, 0.29) is 18.4 Å². The molecular formula is C9H17ClN4O. The number of methoxy groups -OCH3 is 1. The summed E-state index contributed by atoms with van der Waals surface area (Å²) in [6.45, 7) is 4.62. The first-order chi connectivity index (χ1) is 6.86. The van der Waals surface area contributed by atoms with Crippen molar-refractivity contribution in [3.63, 3.8) is 0 Å². The monoisotopic (exact) mass is 232 g/mol. The number of aryl methyl sites for hydroxylation is 1. The van der Waals surface area contributed by atoms with Crippen LogP contribution in [-0.2, 0) is 17.7 Å². The Hall–Kier alpha value is -0.650. The molecular weight excluding hydrogens is 216 g/mol. The summed E-state index contributed by atoms with van der Waals surface area (Å²) in [5, 5.41) is 11.7. The van der Waals surface area contributed by atoms with Gasteiger partial charge in [0.15, 0.2) is 0 Å². The molecule has 1 aromatic rings. The number of rotatable bonds is 3. The zero-order valence-electron chi connectivity index (χ0n) is 9.06. The molecule has 0 saturated heterocycles. The van der Waals surface area contributed by atoms with Gasteiger partial charge in [0.2, 0.25) is 0 Å². The molecule has 2 rings (SSSR count). The zero-order valence-corrected chi connectivity index (χ0v) is 9.88. The number of fused-ring (bicyclic) bond motifs is 1. The van der Waals surface area contributed by atoms with Crippen molar-refractivity contribution in [2.75, 3.05) is 20.3 Å². The fourth-order valence-corrected chi connectivity index (χ4v) is 1.89. The minimum absolute atomic E-state index is 0. The molecule has 1 aliphatic rings. The van der Waals surface area contributed by atoms with Crippen LogP contribution >= 0.6 is 12.4 Å². The summed E-state index contributed by atoms with van der Waals surface area (Å²) in [6.07, 6.45) is 1.01. The lowest BCUT2D eigenvalue weighted by atomic mass is 10.1. The van der Waals surface area contributed by atoms with Crippen molar-refractivity contribution in [2.24, 2.45) is 0 Å². The van der Waals surface area contributed by atoms with Gasteiger partial charge in [0, 0.05) is 26.6 Å². The normalized spacial score (nSPS) is 19.5. The van der Waals surface area contributed by atoms with Crippen molar-refractivity contribution in [1.82, 2.24) is 20.3 Å². The molecule has 5 nitrogen and oxygen atoms in total. The standard InChI is InChI=1S/C9H16N4O.ClH/c1-3-13-8-4-5-10-7(6-14-2)9(8)11-12-13;/h7,10H,3-6H2,1-2H3;1H. The Labute approximate surface area is 95.6 Å². The van der Waals surface area contributed by atoms with E-state index in [1.165, 1.54) is 5.69 Å². The van der Waals surface area contributed by atoms with E-state index in [9.17, 15) is 0 Å². The van der Waals surface area contributed by atoms with Crippen LogP contribution in [0, 0.1) is 0 Å². The number of aromatic nitrogens is 3. The summed E-state index contributed by atoms with van der Waals surface area (Å²) >= 11 is 0. The van der Waals surface area contributed by atoms with Crippen molar-refractivity contribution in [3.8, 4) is 0 Å². The van der Waals surface area contributed by atoms with Crippen LogP contribution in [0.5, 0.6) is 0 Å². The highest BCUT2D eigenvalue weighted by molar-refractivity contribution is 5.85. The van der Waals surface area contributed by atoms with E-state index in [2.05, 4.69) is 22.6 Å². The lowest BCUT2D eigenvalue weighted by Gasteiger charge is -2.22. The maximum atomic E-state index is 5.14. The van der Waals surface area contributed by atoms with Crippen LogP contribution in [0.15, 0.2) is 0 Å². The van der Waals surface area contributed by atoms with Crippen LogP contribution in [-0.4, -0.2) is 35.3 Å². The lowest BCUT2D eigenvalue weighted by Crippen LogP contribution is -2.33. The molecule has 2 heterocycles. The molecule has 0 aliphatic carbocycles. The molecule has 1 N–H and O–H groups in total. The van der Waals surface area contributed by atoms with Crippen LogP contribution in [0.4, 0.5) is 0 Å². The Kier molecular flexibility index (Phi) is 4.50. The first-order valence-corrected chi connectivity index (χ1v) is 5.01. The highest BCUT2D eigenvalue weighted by Gasteiger charge is 2.24. The Bertz CT molecular complexity index is 315. The molecule has 1 unspecified atom stereocenters. The quantitative estimate of drug-likeness (QED) is 0.827. The smallest absolute Gasteiger partial charge is 0.105 e. The van der Waals surface area contributed by atoms with Gasteiger partial charge < -0.3 is 10.1 Å². The minimum atomic E-state index is 0. The van der Waals surface area contributed by atoms with E-state index in [0.29, 0.717) is 6.61 Å². The van der Waals surface area contributed by atoms with Gasteiger partial charge in [-0.05, 0) is 6.92 Å². The highest BCUT2D eigenvalue weighted by atomic mass is 35.5. The van der Waals surface area contributed by atoms with Crippen LogP contribution < -0.4 is 5.32 Å². The second-order valence-corrected chi connectivity index (χ2v) is 3.45. The van der Waals surface area contributed by atoms with Gasteiger partial charge in [0.25, 0.3) is 0 Å². The van der Waals surface area contributed by atoms with E-state index in [4.69, 9.17) is 4.74 Å². The molecule has 0 radical (unpaired) electrons. The number of hydrogen-bond acceptors (Lipinski definition) is 4. The zero-order chi connectivity index (χ0) is 9.97. The van der Waals surface area contributed by atoms with Crippen LogP contribution in [0.2, 0.25) is 0 Å². The van der Waals surface area contributed by atoms with E-state index in [1.54, 1.807) is 7.11 Å². The molecule has 0 fully saturated rings. The molecule has 0 aromatic carbocycles. The van der Waals surface area contributed by atoms with Gasteiger partial charge in [-0.2, -0.15) is 0 Å². The molecule has 15 heavy (non-hydrogen) atoms. The van der Waals surface area contributed by atoms with Crippen LogP contribution in [0.25, 0.3) is 0 Å². The van der Waals surface area contributed by atoms with Gasteiger partial charge in [0.05, 0.1) is 18.3 Å². The predicted molar refractivity (Wildman–Crippen MR) is 59.3 cm³/mol. The van der Waals surface area contributed by atoms with Crippen LogP contribution in [0.1, 0.15) is 24.4 Å². The molecule has 0 saturated carbocycles. The van der Waals surface area contributed by atoms with Crippen molar-refractivity contribution in [1.29, 1.82) is 0 Å². The Morgan fingerprint density at radius 2 is 2.40 bits per heavy atom. The van der Waals surface area contributed by atoms with E-state index in [0.717, 1.165) is 25.2 Å². The fraction of sp³-hybridized carbons (Fsp3) is 0.778. The predicted octanol–water partition coefficient (Wildman–Crippen LogP) is 0.553. The Morgan fingerprint density at radius 1 is 1.60 bits per heavy atom. The third-order valence-corrected chi connectivity index (χ3v) is 2.58. The second-order valence-electron chi connectivity index (χ2n) is 3.45. The molecule has 0 amide bonds. The number of ether oxygens (including phenoxy) is 1. The third kappa shape index (κ3) is 2.30. The van der Waals surface area contributed by atoms with Crippen molar-refractivity contribution >= 4 is 12.4 Å². The van der Waals surface area contributed by atoms with Crippen molar-refractivity contribution < 1.29 is 4.74 Å². The largest absolute Gasteiger partial charge is 0.383 e. The number of hydrogen-bond donors (Lipinski definition) is 1. The number of nitrogens with zero attached hydrogens (tertiary/aromatic N) is 3. The Morgan fingerprint density at radius 3 is 3.07 bits per heavy atom. The Balaban J connectivity index is 0.00000112. The van der Waals surface area contributed by atoms with E-state index >= 15 is 0 Å². The summed E-state index contributed by atoms with van der Waals surface area (Å²) in [5.74, 6) is 0. The average molecular weight is 233 g/mol. The summed E-state index contributed by atoms with van der Waals surface area (Å²) < 4.78 is 7.11. The highest BCUT2D eigenvalue weighted by Crippen LogP contribution is 2.20. The van der Waals surface area contributed by atoms with Gasteiger partial charge in [-0.15, -0.1) is 17.5 Å². The maximum Gasteiger partial charge on any atom is 0.105 e. The molecule has 0 spiro atoms. The topological polar surface area (TPSA) is 52.0 Å². The first-order valence-electron chi connectivity index (χ1n) is 5.01. The second kappa shape index (κ2) is 5.44. The van der Waals surface area contributed by atoms with Gasteiger partial charge in [-0.1, -0.05) is 5.21 Å². The molecule has 86 valence electrons. The summed E-state index contributed by atoms with van der Waals surface area (Å²) in [5.41, 5.74) is 2.31. The summed E-state index contributed by atoms with van der Waals surface area (Å²) in [6, 6.07) is 0.212. The molecule has 0 bridgehead atoms. The van der Waals surface area contributed by atoms with Crippen molar-refractivity contribution in [3.05, 3.63) is 11.4 Å². The van der Waals surface area contributed by atoms with Gasteiger partial charge in [-0.3, -0.25) is 0 Å². The van der Waals surface area contributed by atoms with Gasteiger partial charge in [-0.25, -0.2) is 4.68 Å². The van der Waals surface area contributed by atoms with Crippen molar-refractivity contribution in [2.45, 2.75) is 25.9 Å². The fourth-order valence-electron chi connectivity index (χ4n) is 1.89. The molecule has 1 aliphatic heterocycles. The van der Waals surface area contributed by atoms with E-state index in [1.807, 2.05) is 4.68 Å². The SMILES string of the molecule is CCn1nnc2c1CCNC2COC.Cl. The van der Waals surface area contributed by atoms with Gasteiger partial charge in [0.1, 0.15) is 5.69 Å².